The number of fused-ring (bicyclic) bond motifs is 2. The summed E-state index contributed by atoms with van der Waals surface area (Å²) in [5, 5.41) is 0. The second-order valence-corrected chi connectivity index (χ2v) is 7.04. The van der Waals surface area contributed by atoms with Crippen molar-refractivity contribution in [3.8, 4) is 0 Å². The zero-order valence-corrected chi connectivity index (χ0v) is 12.4. The Labute approximate surface area is 122 Å². The molecule has 1 aliphatic heterocycles. The molecule has 2 saturated carbocycles. The van der Waals surface area contributed by atoms with Crippen LogP contribution in [0.25, 0.3) is 0 Å². The fourth-order valence-electron chi connectivity index (χ4n) is 4.75. The summed E-state index contributed by atoms with van der Waals surface area (Å²) < 4.78 is 0. The van der Waals surface area contributed by atoms with Crippen LogP contribution in [0.2, 0.25) is 0 Å². The molecule has 20 heavy (non-hydrogen) atoms. The molecule has 3 unspecified atom stereocenters. The molecule has 1 aromatic carbocycles. The fraction of sp³-hybridized carbons (Fsp3) is 0.667. The maximum atomic E-state index is 2.81. The van der Waals surface area contributed by atoms with Gasteiger partial charge in [-0.3, -0.25) is 9.80 Å². The van der Waals surface area contributed by atoms with Gasteiger partial charge in [-0.15, -0.1) is 0 Å². The molecular weight excluding hydrogens is 244 g/mol. The lowest BCUT2D eigenvalue weighted by molar-refractivity contribution is 0.0680. The Morgan fingerprint density at radius 2 is 1.70 bits per heavy atom. The van der Waals surface area contributed by atoms with Gasteiger partial charge in [0.1, 0.15) is 0 Å². The summed E-state index contributed by atoms with van der Waals surface area (Å²) in [4.78, 5) is 5.43. The van der Waals surface area contributed by atoms with E-state index in [-0.39, 0.29) is 0 Å². The molecular formula is C18H26N2. The van der Waals surface area contributed by atoms with Gasteiger partial charge in [-0.05, 0) is 36.7 Å². The Bertz CT molecular complexity index is 436. The van der Waals surface area contributed by atoms with Gasteiger partial charge in [0.15, 0.2) is 0 Å². The number of rotatable bonds is 3. The lowest BCUT2D eigenvalue weighted by Gasteiger charge is -2.41. The van der Waals surface area contributed by atoms with Crippen molar-refractivity contribution < 1.29 is 0 Å². The van der Waals surface area contributed by atoms with Crippen LogP contribution >= 0.6 is 0 Å². The zero-order chi connectivity index (χ0) is 13.4. The van der Waals surface area contributed by atoms with Crippen molar-refractivity contribution in [1.29, 1.82) is 0 Å². The van der Waals surface area contributed by atoms with E-state index in [9.17, 15) is 0 Å². The van der Waals surface area contributed by atoms with E-state index < -0.39 is 0 Å². The van der Waals surface area contributed by atoms with Crippen LogP contribution in [-0.4, -0.2) is 42.0 Å². The highest BCUT2D eigenvalue weighted by Crippen LogP contribution is 2.46. The highest BCUT2D eigenvalue weighted by Gasteiger charge is 2.42. The summed E-state index contributed by atoms with van der Waals surface area (Å²) in [5.41, 5.74) is 1.46. The van der Waals surface area contributed by atoms with Gasteiger partial charge >= 0.3 is 0 Å². The number of piperazine rings is 1. The van der Waals surface area contributed by atoms with Gasteiger partial charge in [0.05, 0.1) is 0 Å². The summed E-state index contributed by atoms with van der Waals surface area (Å²) in [5.74, 6) is 2.12. The molecule has 3 aliphatic rings. The number of nitrogens with zero attached hydrogens (tertiary/aromatic N) is 2. The molecule has 4 rings (SSSR count). The molecule has 1 aromatic rings. The van der Waals surface area contributed by atoms with Crippen molar-refractivity contribution in [1.82, 2.24) is 9.80 Å². The van der Waals surface area contributed by atoms with Gasteiger partial charge in [-0.25, -0.2) is 0 Å². The first-order chi connectivity index (χ1) is 9.88. The number of benzene rings is 1. The Balaban J connectivity index is 1.30. The summed E-state index contributed by atoms with van der Waals surface area (Å²) >= 11 is 0. The number of hydrogen-bond donors (Lipinski definition) is 0. The minimum Gasteiger partial charge on any atom is -0.298 e. The van der Waals surface area contributed by atoms with Crippen LogP contribution in [0.1, 0.15) is 31.2 Å². The molecule has 3 fully saturated rings. The van der Waals surface area contributed by atoms with E-state index in [1.165, 1.54) is 57.4 Å². The fourth-order valence-corrected chi connectivity index (χ4v) is 4.75. The first-order valence-electron chi connectivity index (χ1n) is 8.39. The standard InChI is InChI=1S/C18H26N2/c1-2-4-15(5-3-1)14-19-8-10-20(11-9-19)18-13-16-6-7-17(18)12-16/h1-5,16-18H,6-14H2. The smallest absolute Gasteiger partial charge is 0.0234 e. The first-order valence-corrected chi connectivity index (χ1v) is 8.39. The monoisotopic (exact) mass is 270 g/mol. The Morgan fingerprint density at radius 3 is 2.35 bits per heavy atom. The van der Waals surface area contributed by atoms with Crippen molar-refractivity contribution in [2.24, 2.45) is 11.8 Å². The van der Waals surface area contributed by atoms with E-state index in [1.807, 2.05) is 0 Å². The third-order valence-electron chi connectivity index (χ3n) is 5.83. The molecule has 2 nitrogen and oxygen atoms in total. The maximum Gasteiger partial charge on any atom is 0.0234 e. The van der Waals surface area contributed by atoms with Crippen molar-refractivity contribution >= 4 is 0 Å². The molecule has 1 heterocycles. The van der Waals surface area contributed by atoms with Gasteiger partial charge in [0.25, 0.3) is 0 Å². The molecule has 0 radical (unpaired) electrons. The molecule has 3 atom stereocenters. The van der Waals surface area contributed by atoms with Crippen LogP contribution in [0, 0.1) is 11.8 Å². The van der Waals surface area contributed by atoms with Gasteiger partial charge < -0.3 is 0 Å². The lowest BCUT2D eigenvalue weighted by atomic mass is 9.93. The lowest BCUT2D eigenvalue weighted by Crippen LogP contribution is -2.51. The van der Waals surface area contributed by atoms with Crippen molar-refractivity contribution in [3.05, 3.63) is 35.9 Å². The maximum absolute atomic E-state index is 2.81. The van der Waals surface area contributed by atoms with E-state index in [0.717, 1.165) is 24.4 Å². The zero-order valence-electron chi connectivity index (χ0n) is 12.4. The van der Waals surface area contributed by atoms with Crippen LogP contribution < -0.4 is 0 Å². The molecule has 2 heteroatoms. The highest BCUT2D eigenvalue weighted by atomic mass is 15.3. The predicted octanol–water partition coefficient (Wildman–Crippen LogP) is 2.99. The quantitative estimate of drug-likeness (QED) is 0.833. The minimum atomic E-state index is 0.938. The van der Waals surface area contributed by atoms with E-state index in [1.54, 1.807) is 0 Å². The molecule has 108 valence electrons. The van der Waals surface area contributed by atoms with Gasteiger partial charge in [-0.1, -0.05) is 36.8 Å². The Kier molecular flexibility index (Phi) is 3.53. The van der Waals surface area contributed by atoms with Crippen LogP contribution in [0.15, 0.2) is 30.3 Å². The Morgan fingerprint density at radius 1 is 0.900 bits per heavy atom. The van der Waals surface area contributed by atoms with Crippen LogP contribution in [0.3, 0.4) is 0 Å². The van der Waals surface area contributed by atoms with Gasteiger partial charge in [0.2, 0.25) is 0 Å². The summed E-state index contributed by atoms with van der Waals surface area (Å²) in [6.07, 6.45) is 6.08. The first kappa shape index (κ1) is 12.8. The second-order valence-electron chi connectivity index (χ2n) is 7.04. The molecule has 0 amide bonds. The second kappa shape index (κ2) is 5.50. The summed E-state index contributed by atoms with van der Waals surface area (Å²) in [6.45, 7) is 6.22. The Hall–Kier alpha value is -0.860. The van der Waals surface area contributed by atoms with Crippen molar-refractivity contribution in [2.75, 3.05) is 26.2 Å². The topological polar surface area (TPSA) is 6.48 Å². The normalized spacial score (nSPS) is 34.7. The average molecular weight is 270 g/mol. The molecule has 1 saturated heterocycles. The highest BCUT2D eigenvalue weighted by molar-refractivity contribution is 5.14. The van der Waals surface area contributed by atoms with Crippen LogP contribution in [0.5, 0.6) is 0 Å². The SMILES string of the molecule is c1ccc(CN2CCN(C3CC4CCC3C4)CC2)cc1. The largest absolute Gasteiger partial charge is 0.298 e. The molecule has 2 aliphatic carbocycles. The summed E-state index contributed by atoms with van der Waals surface area (Å²) in [6, 6.07) is 11.9. The van der Waals surface area contributed by atoms with Crippen LogP contribution in [0.4, 0.5) is 0 Å². The molecule has 0 N–H and O–H groups in total. The third kappa shape index (κ3) is 2.51. The average Bonchev–Trinajstić information content (AvgIpc) is 3.12. The third-order valence-corrected chi connectivity index (χ3v) is 5.83. The molecule has 2 bridgehead atoms. The van der Waals surface area contributed by atoms with Crippen molar-refractivity contribution in [3.63, 3.8) is 0 Å². The van der Waals surface area contributed by atoms with E-state index in [2.05, 4.69) is 40.1 Å². The van der Waals surface area contributed by atoms with Crippen LogP contribution in [-0.2, 0) is 6.54 Å². The van der Waals surface area contributed by atoms with E-state index in [0.29, 0.717) is 0 Å². The van der Waals surface area contributed by atoms with Gasteiger partial charge in [-0.2, -0.15) is 0 Å². The minimum absolute atomic E-state index is 0.938. The summed E-state index contributed by atoms with van der Waals surface area (Å²) in [7, 11) is 0. The predicted molar refractivity (Wildman–Crippen MR) is 82.5 cm³/mol. The van der Waals surface area contributed by atoms with Crippen molar-refractivity contribution in [2.45, 2.75) is 38.3 Å². The van der Waals surface area contributed by atoms with Gasteiger partial charge in [0, 0.05) is 38.8 Å². The van der Waals surface area contributed by atoms with E-state index in [4.69, 9.17) is 0 Å². The number of hydrogen-bond acceptors (Lipinski definition) is 2. The molecule has 0 spiro atoms. The molecule has 0 aromatic heterocycles. The van der Waals surface area contributed by atoms with E-state index >= 15 is 0 Å².